The summed E-state index contributed by atoms with van der Waals surface area (Å²) in [4.78, 5) is 29.0. The van der Waals surface area contributed by atoms with Gasteiger partial charge in [-0.1, -0.05) is 0 Å². The maximum Gasteiger partial charge on any atom is 0.338 e. The Morgan fingerprint density at radius 1 is 1.42 bits per heavy atom. The van der Waals surface area contributed by atoms with E-state index in [4.69, 9.17) is 10.2 Å². The van der Waals surface area contributed by atoms with Crippen LogP contribution in [0.5, 0.6) is 0 Å². The van der Waals surface area contributed by atoms with Crippen LogP contribution >= 0.6 is 0 Å². The smallest absolute Gasteiger partial charge is 0.338 e. The minimum atomic E-state index is -1.60. The van der Waals surface area contributed by atoms with Gasteiger partial charge in [0.15, 0.2) is 0 Å². The van der Waals surface area contributed by atoms with Crippen LogP contribution in [0.15, 0.2) is 11.6 Å². The van der Waals surface area contributed by atoms with E-state index in [1.54, 1.807) is 0 Å². The van der Waals surface area contributed by atoms with Crippen molar-refractivity contribution in [3.63, 3.8) is 0 Å². The molecule has 0 aromatic carbocycles. The third-order valence-electron chi connectivity index (χ3n) is 0.872. The van der Waals surface area contributed by atoms with Crippen LogP contribution in [0.25, 0.3) is 0 Å². The summed E-state index contributed by atoms with van der Waals surface area (Å²) < 4.78 is 0. The molecule has 7 heteroatoms. The first-order valence-corrected chi connectivity index (χ1v) is 2.72. The van der Waals surface area contributed by atoms with Gasteiger partial charge in [-0.05, 0) is 0 Å². The molecule has 2 N–H and O–H groups in total. The Morgan fingerprint density at radius 3 is 2.17 bits per heavy atom. The summed E-state index contributed by atoms with van der Waals surface area (Å²) in [7, 11) is 0. The minimum Gasteiger partial charge on any atom is -0.478 e. The van der Waals surface area contributed by atoms with Crippen LogP contribution in [0.4, 0.5) is 0 Å². The molecule has 0 heterocycles. The van der Waals surface area contributed by atoms with Crippen LogP contribution in [-0.4, -0.2) is 33.6 Å². The van der Waals surface area contributed by atoms with Crippen molar-refractivity contribution in [3.8, 4) is 0 Å². The van der Waals surface area contributed by atoms with Gasteiger partial charge in [-0.2, -0.15) is 0 Å². The summed E-state index contributed by atoms with van der Waals surface area (Å²) in [6.07, 6.45) is 0.297. The molecule has 0 bridgehead atoms. The van der Waals surface area contributed by atoms with Crippen molar-refractivity contribution in [2.24, 2.45) is 0 Å². The first kappa shape index (κ1) is 10.1. The molecule has 0 radical (unpaired) electrons. The number of hydrogen-bond donors (Lipinski definition) is 2. The van der Waals surface area contributed by atoms with E-state index in [1.807, 2.05) is 0 Å². The van der Waals surface area contributed by atoms with Crippen molar-refractivity contribution in [2.75, 3.05) is 6.54 Å². The van der Waals surface area contributed by atoms with Gasteiger partial charge >= 0.3 is 11.9 Å². The molecule has 0 aromatic rings. The lowest BCUT2D eigenvalue weighted by molar-refractivity contribution is -0.470. The number of hydrogen-bond acceptors (Lipinski definition) is 4. The Bertz CT molecular complexity index is 255. The zero-order chi connectivity index (χ0) is 9.72. The van der Waals surface area contributed by atoms with E-state index in [-0.39, 0.29) is 0 Å². The Morgan fingerprint density at radius 2 is 1.92 bits per heavy atom. The van der Waals surface area contributed by atoms with Gasteiger partial charge in [0, 0.05) is 11.0 Å². The second-order valence-electron chi connectivity index (χ2n) is 1.80. The van der Waals surface area contributed by atoms with E-state index in [0.717, 1.165) is 0 Å². The highest BCUT2D eigenvalue weighted by Crippen LogP contribution is 1.94. The number of aliphatic carboxylic acids is 2. The van der Waals surface area contributed by atoms with Crippen LogP contribution in [0.2, 0.25) is 0 Å². The molecule has 7 nitrogen and oxygen atoms in total. The van der Waals surface area contributed by atoms with Gasteiger partial charge in [-0.15, -0.1) is 0 Å². The van der Waals surface area contributed by atoms with Gasteiger partial charge in [0.1, 0.15) is 5.57 Å². The topological polar surface area (TPSA) is 118 Å². The van der Waals surface area contributed by atoms with Crippen LogP contribution < -0.4 is 0 Å². The average Bonchev–Trinajstić information content (AvgIpc) is 1.83. The number of carbonyl (C=O) groups is 2. The second-order valence-corrected chi connectivity index (χ2v) is 1.80. The average molecular weight is 175 g/mol. The molecule has 0 saturated carbocycles. The molecule has 0 aromatic heterocycles. The number of carboxylic acid groups (broad SMARTS) is 2. The Kier molecular flexibility index (Phi) is 3.41. The molecule has 0 atom stereocenters. The first-order chi connectivity index (χ1) is 5.43. The predicted molar refractivity (Wildman–Crippen MR) is 35.2 cm³/mol. The van der Waals surface area contributed by atoms with Gasteiger partial charge < -0.3 is 10.2 Å². The fourth-order valence-electron chi connectivity index (χ4n) is 0.463. The summed E-state index contributed by atoms with van der Waals surface area (Å²) in [5.41, 5.74) is -0.757. The van der Waals surface area contributed by atoms with Crippen molar-refractivity contribution >= 4 is 11.9 Å². The number of rotatable bonds is 4. The Balaban J connectivity index is 4.55. The Labute approximate surface area is 66.1 Å². The molecule has 0 amide bonds. The van der Waals surface area contributed by atoms with Gasteiger partial charge in [-0.25, -0.2) is 9.59 Å². The van der Waals surface area contributed by atoms with Gasteiger partial charge in [0.2, 0.25) is 6.54 Å². The second kappa shape index (κ2) is 4.06. The molecule has 66 valence electrons. The summed E-state index contributed by atoms with van der Waals surface area (Å²) in [6, 6.07) is 0. The molecule has 0 rings (SSSR count). The molecule has 0 fully saturated rings. The molecular weight excluding hydrogens is 170 g/mol. The van der Waals surface area contributed by atoms with Crippen LogP contribution in [-0.2, 0) is 9.59 Å². The standard InChI is InChI=1S/C5H5NO6/c7-4(8)1-3(5(9)10)2-6(11)12/h1H,2H2,(H,7,8)(H,9,10)/b3-1-. The SMILES string of the molecule is O=C(O)/C=C(/C[N+](=O)[O-])C(=O)O. The minimum absolute atomic E-state index is 0.297. The summed E-state index contributed by atoms with van der Waals surface area (Å²) >= 11 is 0. The fraction of sp³-hybridized carbons (Fsp3) is 0.200. The van der Waals surface area contributed by atoms with Crippen molar-refractivity contribution in [1.29, 1.82) is 0 Å². The van der Waals surface area contributed by atoms with E-state index >= 15 is 0 Å². The monoisotopic (exact) mass is 175 g/mol. The van der Waals surface area contributed by atoms with Crippen LogP contribution in [0, 0.1) is 10.1 Å². The van der Waals surface area contributed by atoms with Gasteiger partial charge in [0.05, 0.1) is 0 Å². The van der Waals surface area contributed by atoms with E-state index < -0.39 is 29.0 Å². The summed E-state index contributed by atoms with van der Waals surface area (Å²) in [5, 5.41) is 26.1. The molecule has 0 saturated heterocycles. The predicted octanol–water partition coefficient (Wildman–Crippen LogP) is -0.641. The van der Waals surface area contributed by atoms with Crippen molar-refractivity contribution in [1.82, 2.24) is 0 Å². The largest absolute Gasteiger partial charge is 0.478 e. The van der Waals surface area contributed by atoms with E-state index in [9.17, 15) is 19.7 Å². The van der Waals surface area contributed by atoms with Crippen molar-refractivity contribution in [2.45, 2.75) is 0 Å². The number of carboxylic acids is 2. The maximum atomic E-state index is 10.1. The maximum absolute atomic E-state index is 10.1. The molecule has 0 aliphatic rings. The highest BCUT2D eigenvalue weighted by molar-refractivity contribution is 5.94. The normalized spacial score (nSPS) is 10.8. The van der Waals surface area contributed by atoms with Gasteiger partial charge in [-0.3, -0.25) is 10.1 Å². The highest BCUT2D eigenvalue weighted by atomic mass is 16.6. The molecule has 12 heavy (non-hydrogen) atoms. The van der Waals surface area contributed by atoms with Crippen molar-refractivity contribution < 1.29 is 24.7 Å². The number of nitro groups is 1. The third kappa shape index (κ3) is 3.99. The Hall–Kier alpha value is -1.92. The van der Waals surface area contributed by atoms with Crippen LogP contribution in [0.1, 0.15) is 0 Å². The van der Waals surface area contributed by atoms with Gasteiger partial charge in [0.25, 0.3) is 0 Å². The lowest BCUT2D eigenvalue weighted by Crippen LogP contribution is -2.13. The van der Waals surface area contributed by atoms with E-state index in [1.165, 1.54) is 0 Å². The molecule has 0 spiro atoms. The van der Waals surface area contributed by atoms with E-state index in [0.29, 0.717) is 6.08 Å². The quantitative estimate of drug-likeness (QED) is 0.333. The zero-order valence-corrected chi connectivity index (χ0v) is 5.76. The first-order valence-electron chi connectivity index (χ1n) is 2.72. The third-order valence-corrected chi connectivity index (χ3v) is 0.872. The van der Waals surface area contributed by atoms with E-state index in [2.05, 4.69) is 0 Å². The number of nitrogens with zero attached hydrogens (tertiary/aromatic N) is 1. The molecule has 0 aliphatic carbocycles. The molecule has 0 aliphatic heterocycles. The lowest BCUT2D eigenvalue weighted by Gasteiger charge is -1.92. The molecule has 0 unspecified atom stereocenters. The summed E-state index contributed by atoms with van der Waals surface area (Å²) in [6.45, 7) is -0.998. The summed E-state index contributed by atoms with van der Waals surface area (Å²) in [5.74, 6) is -3.12. The lowest BCUT2D eigenvalue weighted by atomic mass is 10.2. The highest BCUT2D eigenvalue weighted by Gasteiger charge is 2.15. The zero-order valence-electron chi connectivity index (χ0n) is 5.76. The fourth-order valence-corrected chi connectivity index (χ4v) is 0.463. The molecular formula is C5H5NO6. The van der Waals surface area contributed by atoms with Crippen LogP contribution in [0.3, 0.4) is 0 Å². The van der Waals surface area contributed by atoms with Crippen molar-refractivity contribution in [3.05, 3.63) is 21.8 Å².